The number of anilines is 2. The van der Waals surface area contributed by atoms with E-state index in [0.717, 1.165) is 43.6 Å². The number of carbonyl (C=O) groups is 1. The molecule has 1 aromatic carbocycles. The molecule has 3 saturated heterocycles. The van der Waals surface area contributed by atoms with Gasteiger partial charge in [0.15, 0.2) is 11.5 Å². The Labute approximate surface area is 236 Å². The molecule has 3 aliphatic heterocycles. The lowest BCUT2D eigenvalue weighted by Crippen LogP contribution is -2.54. The van der Waals surface area contributed by atoms with Crippen LogP contribution in [0.4, 0.5) is 15.8 Å². The summed E-state index contributed by atoms with van der Waals surface area (Å²) in [6, 6.07) is 5.49. The molecule has 4 aliphatic rings. The fourth-order valence-corrected chi connectivity index (χ4v) is 6.40. The molecule has 3 aromatic heterocycles. The molecule has 1 saturated carbocycles. The zero-order valence-corrected chi connectivity index (χ0v) is 23.1. The smallest absolute Gasteiger partial charge is 0.317 e. The van der Waals surface area contributed by atoms with Crippen molar-refractivity contribution in [3.63, 3.8) is 0 Å². The van der Waals surface area contributed by atoms with Gasteiger partial charge in [0.25, 0.3) is 5.91 Å². The maximum atomic E-state index is 14.7. The topological polar surface area (TPSA) is 106 Å². The van der Waals surface area contributed by atoms with Crippen LogP contribution in [0.1, 0.15) is 35.8 Å². The highest BCUT2D eigenvalue weighted by Gasteiger charge is 2.52. The van der Waals surface area contributed by atoms with E-state index in [-0.39, 0.29) is 29.3 Å². The number of imidazole rings is 1. The van der Waals surface area contributed by atoms with Crippen molar-refractivity contribution >= 4 is 33.8 Å². The first-order chi connectivity index (χ1) is 19.8. The normalized spacial score (nSPS) is 25.3. The summed E-state index contributed by atoms with van der Waals surface area (Å²) in [5.74, 6) is -0.325. The SMILES string of the molecule is C=C[C@H]1CN(c2ccc(C(=O)Nc3cc(F)c4nc(C)cn4c3)c3nc(OCC45CC(CO4)C5)ncc23)CC(C)N1. The minimum atomic E-state index is -0.523. The second-order valence-electron chi connectivity index (χ2n) is 11.6. The van der Waals surface area contributed by atoms with Gasteiger partial charge in [0.05, 0.1) is 29.1 Å². The average Bonchev–Trinajstić information content (AvgIpc) is 3.65. The van der Waals surface area contributed by atoms with Crippen molar-refractivity contribution in [2.45, 2.75) is 44.4 Å². The molecule has 10 nitrogen and oxygen atoms in total. The molecule has 11 heteroatoms. The van der Waals surface area contributed by atoms with Gasteiger partial charge in [-0.3, -0.25) is 4.79 Å². The Bertz CT molecular complexity index is 1680. The second-order valence-corrected chi connectivity index (χ2v) is 11.6. The number of ether oxygens (including phenoxy) is 2. The molecule has 1 unspecified atom stereocenters. The van der Waals surface area contributed by atoms with E-state index in [4.69, 9.17) is 14.5 Å². The number of fused-ring (bicyclic) bond motifs is 3. The molecule has 0 radical (unpaired) electrons. The van der Waals surface area contributed by atoms with Gasteiger partial charge < -0.3 is 29.4 Å². The number of hydrogen-bond donors (Lipinski definition) is 2. The van der Waals surface area contributed by atoms with E-state index in [1.54, 1.807) is 36.0 Å². The molecule has 4 fully saturated rings. The van der Waals surface area contributed by atoms with E-state index in [1.807, 2.05) is 12.1 Å². The Kier molecular flexibility index (Phi) is 6.16. The van der Waals surface area contributed by atoms with Crippen LogP contribution in [0.25, 0.3) is 16.6 Å². The molecule has 41 heavy (non-hydrogen) atoms. The van der Waals surface area contributed by atoms with Crippen molar-refractivity contribution < 1.29 is 18.7 Å². The Morgan fingerprint density at radius 1 is 1.32 bits per heavy atom. The average molecular weight is 558 g/mol. The molecule has 6 heterocycles. The summed E-state index contributed by atoms with van der Waals surface area (Å²) in [5.41, 5.74) is 2.65. The van der Waals surface area contributed by atoms with Crippen molar-refractivity contribution in [1.29, 1.82) is 0 Å². The summed E-state index contributed by atoms with van der Waals surface area (Å²) in [6.45, 7) is 10.5. The number of halogens is 1. The zero-order chi connectivity index (χ0) is 28.3. The number of rotatable bonds is 7. The zero-order valence-electron chi connectivity index (χ0n) is 23.1. The predicted octanol–water partition coefficient (Wildman–Crippen LogP) is 3.89. The van der Waals surface area contributed by atoms with Crippen LogP contribution < -0.4 is 20.3 Å². The fraction of sp³-hybridized carbons (Fsp3) is 0.400. The number of nitrogens with one attached hydrogen (secondary N) is 2. The molecule has 4 aromatic rings. The molecular weight excluding hydrogens is 525 g/mol. The summed E-state index contributed by atoms with van der Waals surface area (Å²) in [7, 11) is 0. The highest BCUT2D eigenvalue weighted by Crippen LogP contribution is 2.48. The minimum absolute atomic E-state index is 0.119. The number of aryl methyl sites for hydroxylation is 1. The highest BCUT2D eigenvalue weighted by molar-refractivity contribution is 6.13. The van der Waals surface area contributed by atoms with E-state index >= 15 is 0 Å². The van der Waals surface area contributed by atoms with E-state index in [2.05, 4.69) is 39.0 Å². The summed E-state index contributed by atoms with van der Waals surface area (Å²) in [6.07, 6.45) is 8.94. The maximum Gasteiger partial charge on any atom is 0.317 e. The fourth-order valence-electron chi connectivity index (χ4n) is 6.40. The van der Waals surface area contributed by atoms with Gasteiger partial charge in [-0.25, -0.2) is 14.4 Å². The van der Waals surface area contributed by atoms with Crippen LogP contribution in [0, 0.1) is 18.7 Å². The van der Waals surface area contributed by atoms with Crippen LogP contribution in [0.2, 0.25) is 0 Å². The second kappa shape index (κ2) is 9.78. The number of piperazine rings is 1. The highest BCUT2D eigenvalue weighted by atomic mass is 19.1. The maximum absolute atomic E-state index is 14.7. The summed E-state index contributed by atoms with van der Waals surface area (Å²) >= 11 is 0. The van der Waals surface area contributed by atoms with Gasteiger partial charge in [0.2, 0.25) is 0 Å². The number of nitrogens with zero attached hydrogens (tertiary/aromatic N) is 5. The molecule has 2 N–H and O–H groups in total. The van der Waals surface area contributed by atoms with Gasteiger partial charge in [-0.05, 0) is 44.7 Å². The third-order valence-electron chi connectivity index (χ3n) is 8.28. The van der Waals surface area contributed by atoms with Crippen molar-refractivity contribution in [3.05, 3.63) is 66.5 Å². The molecule has 0 spiro atoms. The van der Waals surface area contributed by atoms with Gasteiger partial charge in [0.1, 0.15) is 12.2 Å². The lowest BCUT2D eigenvalue weighted by molar-refractivity contribution is -0.0379. The third-order valence-corrected chi connectivity index (χ3v) is 8.28. The van der Waals surface area contributed by atoms with Crippen LogP contribution in [-0.2, 0) is 4.74 Å². The number of hydrogen-bond acceptors (Lipinski definition) is 8. The summed E-state index contributed by atoms with van der Waals surface area (Å²) < 4.78 is 28.2. The summed E-state index contributed by atoms with van der Waals surface area (Å²) in [5, 5.41) is 7.09. The molecule has 1 amide bonds. The molecular formula is C30H32FN7O3. The number of amides is 1. The van der Waals surface area contributed by atoms with Crippen LogP contribution in [0.3, 0.4) is 0 Å². The molecule has 212 valence electrons. The Balaban J connectivity index is 1.24. The number of carbonyl (C=O) groups excluding carboxylic acids is 1. The van der Waals surface area contributed by atoms with Gasteiger partial charge in [-0.1, -0.05) is 6.08 Å². The Morgan fingerprint density at radius 3 is 2.95 bits per heavy atom. The first-order valence-electron chi connectivity index (χ1n) is 14.0. The van der Waals surface area contributed by atoms with Crippen LogP contribution in [0.15, 0.2) is 49.4 Å². The molecule has 2 atom stereocenters. The predicted molar refractivity (Wildman–Crippen MR) is 153 cm³/mol. The van der Waals surface area contributed by atoms with E-state index < -0.39 is 11.7 Å². The van der Waals surface area contributed by atoms with Gasteiger partial charge >= 0.3 is 6.01 Å². The van der Waals surface area contributed by atoms with Crippen molar-refractivity contribution in [2.24, 2.45) is 5.92 Å². The van der Waals surface area contributed by atoms with Crippen LogP contribution >= 0.6 is 0 Å². The van der Waals surface area contributed by atoms with Gasteiger partial charge in [-0.2, -0.15) is 4.98 Å². The third kappa shape index (κ3) is 4.68. The first-order valence-corrected chi connectivity index (χ1v) is 14.0. The van der Waals surface area contributed by atoms with Crippen LogP contribution in [-0.4, -0.2) is 69.2 Å². The van der Waals surface area contributed by atoms with Crippen molar-refractivity contribution in [1.82, 2.24) is 24.7 Å². The van der Waals surface area contributed by atoms with E-state index in [1.165, 1.54) is 6.07 Å². The number of pyridine rings is 1. The minimum Gasteiger partial charge on any atom is -0.460 e. The Morgan fingerprint density at radius 2 is 2.17 bits per heavy atom. The first kappa shape index (κ1) is 25.8. The Hall–Kier alpha value is -4.09. The molecule has 2 bridgehead atoms. The number of benzene rings is 1. The lowest BCUT2D eigenvalue weighted by Gasteiger charge is -2.38. The number of aromatic nitrogens is 4. The lowest BCUT2D eigenvalue weighted by atomic mass is 9.75. The quantitative estimate of drug-likeness (QED) is 0.330. The van der Waals surface area contributed by atoms with Crippen molar-refractivity contribution in [3.8, 4) is 6.01 Å². The standard InChI is InChI=1S/C30H32FN7O3/c1-4-20-13-37(11-17(2)33-20)25-6-5-22(28(39)35-21-7-24(31)27-34-18(3)12-38(27)14-21)26-23(25)10-32-29(36-26)40-16-30-8-19(9-30)15-41-30/h4-7,10,12,14,17,19-20,33H,1,8-9,11,13,15-16H2,2-3H3,(H,35,39)/t17?,19?,20-,30?/m0/s1. The molecule has 8 rings (SSSR count). The van der Waals surface area contributed by atoms with Gasteiger partial charge in [0, 0.05) is 60.9 Å². The van der Waals surface area contributed by atoms with Crippen molar-refractivity contribution in [2.75, 3.05) is 36.5 Å². The largest absolute Gasteiger partial charge is 0.460 e. The van der Waals surface area contributed by atoms with Gasteiger partial charge in [-0.15, -0.1) is 6.58 Å². The summed E-state index contributed by atoms with van der Waals surface area (Å²) in [4.78, 5) is 29.3. The van der Waals surface area contributed by atoms with Crippen LogP contribution in [0.5, 0.6) is 6.01 Å². The molecule has 1 aliphatic carbocycles. The monoisotopic (exact) mass is 557 g/mol. The van der Waals surface area contributed by atoms with E-state index in [9.17, 15) is 9.18 Å². The van der Waals surface area contributed by atoms with E-state index in [0.29, 0.717) is 35.0 Å².